The van der Waals surface area contributed by atoms with Crippen molar-refractivity contribution in [2.24, 2.45) is 0 Å². The van der Waals surface area contributed by atoms with Gasteiger partial charge in [0, 0.05) is 23.7 Å². The zero-order valence-electron chi connectivity index (χ0n) is 11.8. The SMILES string of the molecule is CNc1nc(-c2cccc(NSc3ccccc3F)c2)cs1. The van der Waals surface area contributed by atoms with Gasteiger partial charge in [-0.25, -0.2) is 9.37 Å². The van der Waals surface area contributed by atoms with Crippen molar-refractivity contribution in [3.63, 3.8) is 0 Å². The number of aromatic nitrogens is 1. The number of rotatable bonds is 5. The summed E-state index contributed by atoms with van der Waals surface area (Å²) in [6, 6.07) is 14.6. The van der Waals surface area contributed by atoms with E-state index >= 15 is 0 Å². The molecule has 3 rings (SSSR count). The Kier molecular flexibility index (Phi) is 4.60. The van der Waals surface area contributed by atoms with Crippen molar-refractivity contribution < 1.29 is 4.39 Å². The Bertz CT molecular complexity index is 773. The molecule has 3 aromatic rings. The Labute approximate surface area is 136 Å². The maximum Gasteiger partial charge on any atom is 0.182 e. The number of hydrogen-bond donors (Lipinski definition) is 2. The van der Waals surface area contributed by atoms with E-state index in [-0.39, 0.29) is 5.82 Å². The van der Waals surface area contributed by atoms with E-state index in [1.165, 1.54) is 18.0 Å². The van der Waals surface area contributed by atoms with E-state index in [4.69, 9.17) is 0 Å². The van der Waals surface area contributed by atoms with Crippen molar-refractivity contribution in [1.82, 2.24) is 4.98 Å². The number of hydrogen-bond acceptors (Lipinski definition) is 5. The minimum atomic E-state index is -0.227. The van der Waals surface area contributed by atoms with Gasteiger partial charge in [0.1, 0.15) is 5.82 Å². The number of nitrogens with zero attached hydrogens (tertiary/aromatic N) is 1. The third-order valence-electron chi connectivity index (χ3n) is 2.99. The van der Waals surface area contributed by atoms with Crippen LogP contribution in [0.15, 0.2) is 58.8 Å². The van der Waals surface area contributed by atoms with Crippen LogP contribution in [0.5, 0.6) is 0 Å². The molecule has 1 aromatic heterocycles. The minimum Gasteiger partial charge on any atom is -0.365 e. The molecule has 0 bridgehead atoms. The summed E-state index contributed by atoms with van der Waals surface area (Å²) in [4.78, 5) is 5.05. The van der Waals surface area contributed by atoms with E-state index in [2.05, 4.69) is 15.0 Å². The first kappa shape index (κ1) is 14.9. The normalized spacial score (nSPS) is 10.5. The van der Waals surface area contributed by atoms with Crippen LogP contribution in [0.25, 0.3) is 11.3 Å². The highest BCUT2D eigenvalue weighted by Crippen LogP contribution is 2.29. The van der Waals surface area contributed by atoms with E-state index in [0.29, 0.717) is 4.90 Å². The molecular formula is C16H14FN3S2. The molecule has 112 valence electrons. The lowest BCUT2D eigenvalue weighted by atomic mass is 10.1. The van der Waals surface area contributed by atoms with Crippen LogP contribution < -0.4 is 10.0 Å². The Hall–Kier alpha value is -2.05. The largest absolute Gasteiger partial charge is 0.365 e. The highest BCUT2D eigenvalue weighted by atomic mass is 32.2. The van der Waals surface area contributed by atoms with Crippen LogP contribution >= 0.6 is 23.3 Å². The number of anilines is 2. The van der Waals surface area contributed by atoms with E-state index in [9.17, 15) is 4.39 Å². The number of benzene rings is 2. The second-order valence-electron chi connectivity index (χ2n) is 4.50. The van der Waals surface area contributed by atoms with Crippen molar-refractivity contribution in [1.29, 1.82) is 0 Å². The van der Waals surface area contributed by atoms with Gasteiger partial charge in [-0.1, -0.05) is 24.3 Å². The van der Waals surface area contributed by atoms with Gasteiger partial charge in [-0.15, -0.1) is 11.3 Å². The number of halogens is 1. The summed E-state index contributed by atoms with van der Waals surface area (Å²) in [7, 11) is 1.85. The van der Waals surface area contributed by atoms with Crippen LogP contribution in [0.2, 0.25) is 0 Å². The second-order valence-corrected chi connectivity index (χ2v) is 6.21. The molecule has 0 aliphatic heterocycles. The zero-order valence-corrected chi connectivity index (χ0v) is 13.5. The topological polar surface area (TPSA) is 37.0 Å². The summed E-state index contributed by atoms with van der Waals surface area (Å²) < 4.78 is 16.8. The molecule has 1 heterocycles. The standard InChI is InChI=1S/C16H14FN3S2/c1-18-16-19-14(10-21-16)11-5-4-6-12(9-11)20-22-15-8-3-2-7-13(15)17/h2-10,20H,1H3,(H,18,19). The lowest BCUT2D eigenvalue weighted by Gasteiger charge is -2.07. The van der Waals surface area contributed by atoms with Crippen molar-refractivity contribution in [2.75, 3.05) is 17.1 Å². The van der Waals surface area contributed by atoms with Crippen LogP contribution in [-0.2, 0) is 0 Å². The van der Waals surface area contributed by atoms with Crippen molar-refractivity contribution in [3.8, 4) is 11.3 Å². The second kappa shape index (κ2) is 6.81. The number of nitrogens with one attached hydrogen (secondary N) is 2. The van der Waals surface area contributed by atoms with Crippen molar-refractivity contribution in [2.45, 2.75) is 4.90 Å². The van der Waals surface area contributed by atoms with E-state index in [0.717, 1.165) is 22.1 Å². The molecule has 0 saturated heterocycles. The fourth-order valence-corrected chi connectivity index (χ4v) is 3.25. The fourth-order valence-electron chi connectivity index (χ4n) is 1.90. The van der Waals surface area contributed by atoms with Crippen LogP contribution in [0.1, 0.15) is 0 Å². The minimum absolute atomic E-state index is 0.227. The van der Waals surface area contributed by atoms with Crippen LogP contribution in [0, 0.1) is 5.82 Å². The quantitative estimate of drug-likeness (QED) is 0.637. The summed E-state index contributed by atoms with van der Waals surface area (Å²) in [5, 5.41) is 5.92. The Morgan fingerprint density at radius 3 is 2.77 bits per heavy atom. The lowest BCUT2D eigenvalue weighted by Crippen LogP contribution is -1.90. The zero-order chi connectivity index (χ0) is 15.4. The Morgan fingerprint density at radius 2 is 2.00 bits per heavy atom. The molecule has 6 heteroatoms. The third-order valence-corrected chi connectivity index (χ3v) is 4.74. The van der Waals surface area contributed by atoms with Crippen molar-refractivity contribution >= 4 is 34.1 Å². The van der Waals surface area contributed by atoms with Gasteiger partial charge < -0.3 is 10.0 Å². The summed E-state index contributed by atoms with van der Waals surface area (Å²) in [5.74, 6) is -0.227. The Morgan fingerprint density at radius 1 is 1.14 bits per heavy atom. The molecule has 0 fully saturated rings. The fraction of sp³-hybridized carbons (Fsp3) is 0.0625. The summed E-state index contributed by atoms with van der Waals surface area (Å²) in [6.07, 6.45) is 0. The third kappa shape index (κ3) is 3.40. The Balaban J connectivity index is 1.75. The van der Waals surface area contributed by atoms with Gasteiger partial charge in [-0.05, 0) is 36.2 Å². The predicted molar refractivity (Wildman–Crippen MR) is 93.0 cm³/mol. The van der Waals surface area contributed by atoms with Gasteiger partial charge in [0.25, 0.3) is 0 Å². The van der Waals surface area contributed by atoms with E-state index in [1.54, 1.807) is 23.5 Å². The summed E-state index contributed by atoms with van der Waals surface area (Å²) in [6.45, 7) is 0. The summed E-state index contributed by atoms with van der Waals surface area (Å²) in [5.41, 5.74) is 2.86. The molecule has 0 saturated carbocycles. The molecule has 3 nitrogen and oxygen atoms in total. The molecule has 0 radical (unpaired) electrons. The van der Waals surface area contributed by atoms with Gasteiger partial charge in [-0.2, -0.15) is 0 Å². The molecule has 0 atom stereocenters. The lowest BCUT2D eigenvalue weighted by molar-refractivity contribution is 0.602. The average molecular weight is 331 g/mol. The van der Waals surface area contributed by atoms with Crippen LogP contribution in [0.4, 0.5) is 15.2 Å². The molecule has 0 unspecified atom stereocenters. The van der Waals surface area contributed by atoms with Gasteiger partial charge >= 0.3 is 0 Å². The monoisotopic (exact) mass is 331 g/mol. The van der Waals surface area contributed by atoms with Gasteiger partial charge in [0.05, 0.1) is 10.6 Å². The van der Waals surface area contributed by atoms with E-state index < -0.39 is 0 Å². The van der Waals surface area contributed by atoms with E-state index in [1.807, 2.05) is 42.8 Å². The van der Waals surface area contributed by atoms with Gasteiger partial charge in [0.15, 0.2) is 5.13 Å². The van der Waals surface area contributed by atoms with Gasteiger partial charge in [-0.3, -0.25) is 0 Å². The molecular weight excluding hydrogens is 317 g/mol. The molecule has 0 amide bonds. The highest BCUT2D eigenvalue weighted by molar-refractivity contribution is 8.00. The molecule has 2 aromatic carbocycles. The first-order valence-corrected chi connectivity index (χ1v) is 8.37. The maximum absolute atomic E-state index is 13.6. The first-order valence-electron chi connectivity index (χ1n) is 6.67. The van der Waals surface area contributed by atoms with Gasteiger partial charge in [0.2, 0.25) is 0 Å². The number of thiazole rings is 1. The molecule has 0 spiro atoms. The molecule has 0 aliphatic rings. The molecule has 22 heavy (non-hydrogen) atoms. The highest BCUT2D eigenvalue weighted by Gasteiger charge is 2.05. The smallest absolute Gasteiger partial charge is 0.182 e. The summed E-state index contributed by atoms with van der Waals surface area (Å²) >= 11 is 2.82. The van der Waals surface area contributed by atoms with Crippen molar-refractivity contribution in [3.05, 3.63) is 59.7 Å². The average Bonchev–Trinajstić information content (AvgIpc) is 3.03. The maximum atomic E-state index is 13.6. The predicted octanol–water partition coefficient (Wildman–Crippen LogP) is 5.11. The molecule has 0 aliphatic carbocycles. The molecule has 2 N–H and O–H groups in total. The first-order chi connectivity index (χ1) is 10.8. The van der Waals surface area contributed by atoms with Crippen LogP contribution in [-0.4, -0.2) is 12.0 Å². The van der Waals surface area contributed by atoms with Crippen LogP contribution in [0.3, 0.4) is 0 Å².